The van der Waals surface area contributed by atoms with Gasteiger partial charge in [0.1, 0.15) is 0 Å². The summed E-state index contributed by atoms with van der Waals surface area (Å²) in [7, 11) is 2.12. The molecule has 2 aliphatic rings. The summed E-state index contributed by atoms with van der Waals surface area (Å²) in [6.07, 6.45) is 12.0. The van der Waals surface area contributed by atoms with Crippen LogP contribution in [0.25, 0.3) is 0 Å². The summed E-state index contributed by atoms with van der Waals surface area (Å²) in [5.74, 6) is 1.06. The summed E-state index contributed by atoms with van der Waals surface area (Å²) in [6, 6.07) is 0.740. The highest BCUT2D eigenvalue weighted by molar-refractivity contribution is 5.01. The minimum absolute atomic E-state index is 0.705. The van der Waals surface area contributed by atoms with E-state index in [2.05, 4.69) is 19.3 Å². The van der Waals surface area contributed by atoms with Crippen LogP contribution in [0.3, 0.4) is 0 Å². The van der Waals surface area contributed by atoms with Gasteiger partial charge in [-0.3, -0.25) is 0 Å². The van der Waals surface area contributed by atoms with E-state index in [1.807, 2.05) is 0 Å². The van der Waals surface area contributed by atoms with Crippen molar-refractivity contribution in [2.24, 2.45) is 11.3 Å². The molecule has 1 atom stereocenters. The fourth-order valence-electron chi connectivity index (χ4n) is 3.25. The van der Waals surface area contributed by atoms with Crippen molar-refractivity contribution in [1.82, 2.24) is 5.32 Å². The molecule has 0 bridgehead atoms. The molecule has 2 fully saturated rings. The molecule has 0 aromatic rings. The molecule has 0 radical (unpaired) electrons. The molecule has 1 unspecified atom stereocenters. The van der Waals surface area contributed by atoms with E-state index in [0.717, 1.165) is 12.0 Å². The van der Waals surface area contributed by atoms with Gasteiger partial charge < -0.3 is 5.32 Å². The second-order valence-corrected chi connectivity index (χ2v) is 5.58. The van der Waals surface area contributed by atoms with Gasteiger partial charge in [-0.25, -0.2) is 0 Å². The monoisotopic (exact) mass is 195 g/mol. The van der Waals surface area contributed by atoms with E-state index in [9.17, 15) is 0 Å². The van der Waals surface area contributed by atoms with Crippen molar-refractivity contribution >= 4 is 0 Å². The Morgan fingerprint density at radius 1 is 1.21 bits per heavy atom. The SMILES string of the molecule is CNC(C)C1(CC2CCCCC2)CC1. The molecule has 0 aromatic heterocycles. The minimum atomic E-state index is 0.705. The van der Waals surface area contributed by atoms with Gasteiger partial charge >= 0.3 is 0 Å². The van der Waals surface area contributed by atoms with Gasteiger partial charge in [0.05, 0.1) is 0 Å². The second-order valence-electron chi connectivity index (χ2n) is 5.58. The first kappa shape index (κ1) is 10.5. The number of rotatable bonds is 4. The van der Waals surface area contributed by atoms with Gasteiger partial charge in [0, 0.05) is 6.04 Å². The number of hydrogen-bond acceptors (Lipinski definition) is 1. The average molecular weight is 195 g/mol. The van der Waals surface area contributed by atoms with Gasteiger partial charge in [-0.1, -0.05) is 32.1 Å². The van der Waals surface area contributed by atoms with Crippen molar-refractivity contribution < 1.29 is 0 Å². The van der Waals surface area contributed by atoms with Crippen LogP contribution in [-0.2, 0) is 0 Å². The molecule has 1 nitrogen and oxygen atoms in total. The van der Waals surface area contributed by atoms with Crippen LogP contribution in [0.1, 0.15) is 58.3 Å². The molecule has 0 aromatic carbocycles. The molecule has 0 amide bonds. The van der Waals surface area contributed by atoms with Crippen molar-refractivity contribution in [2.45, 2.75) is 64.3 Å². The molecule has 0 aliphatic heterocycles. The smallest absolute Gasteiger partial charge is 0.00922 e. The number of nitrogens with one attached hydrogen (secondary N) is 1. The van der Waals surface area contributed by atoms with Gasteiger partial charge in [-0.05, 0) is 44.6 Å². The quantitative estimate of drug-likeness (QED) is 0.725. The van der Waals surface area contributed by atoms with Gasteiger partial charge in [-0.2, -0.15) is 0 Å². The van der Waals surface area contributed by atoms with Gasteiger partial charge in [0.25, 0.3) is 0 Å². The van der Waals surface area contributed by atoms with Crippen LogP contribution in [0.2, 0.25) is 0 Å². The molecule has 82 valence electrons. The maximum atomic E-state index is 3.46. The summed E-state index contributed by atoms with van der Waals surface area (Å²) in [5, 5.41) is 3.46. The van der Waals surface area contributed by atoms with Crippen LogP contribution in [0.5, 0.6) is 0 Å². The Bertz CT molecular complexity index is 178. The summed E-state index contributed by atoms with van der Waals surface area (Å²) in [4.78, 5) is 0. The lowest BCUT2D eigenvalue weighted by Crippen LogP contribution is -2.33. The second kappa shape index (κ2) is 4.22. The molecule has 2 rings (SSSR count). The third-order valence-electron chi connectivity index (χ3n) is 4.66. The third-order valence-corrected chi connectivity index (χ3v) is 4.66. The van der Waals surface area contributed by atoms with E-state index in [4.69, 9.17) is 0 Å². The predicted octanol–water partition coefficient (Wildman–Crippen LogP) is 3.34. The Hall–Kier alpha value is -0.0400. The van der Waals surface area contributed by atoms with Crippen LogP contribution in [0.15, 0.2) is 0 Å². The van der Waals surface area contributed by atoms with Crippen LogP contribution in [0.4, 0.5) is 0 Å². The Morgan fingerprint density at radius 3 is 2.36 bits per heavy atom. The van der Waals surface area contributed by atoms with Crippen LogP contribution in [-0.4, -0.2) is 13.1 Å². The van der Waals surface area contributed by atoms with Crippen molar-refractivity contribution in [2.75, 3.05) is 7.05 Å². The lowest BCUT2D eigenvalue weighted by atomic mass is 9.79. The molecule has 2 saturated carbocycles. The molecular weight excluding hydrogens is 170 g/mol. The fraction of sp³-hybridized carbons (Fsp3) is 1.00. The first-order valence-electron chi connectivity index (χ1n) is 6.44. The molecule has 0 heterocycles. The van der Waals surface area contributed by atoms with E-state index < -0.39 is 0 Å². The molecule has 14 heavy (non-hydrogen) atoms. The zero-order valence-electron chi connectivity index (χ0n) is 9.81. The van der Waals surface area contributed by atoms with E-state index >= 15 is 0 Å². The Labute approximate surface area is 88.7 Å². The van der Waals surface area contributed by atoms with E-state index in [0.29, 0.717) is 5.41 Å². The maximum absolute atomic E-state index is 3.46. The lowest BCUT2D eigenvalue weighted by Gasteiger charge is -2.30. The molecular formula is C13H25N. The third kappa shape index (κ3) is 2.13. The normalized spacial score (nSPS) is 28.7. The number of hydrogen-bond donors (Lipinski definition) is 1. The van der Waals surface area contributed by atoms with E-state index in [1.54, 1.807) is 0 Å². The summed E-state index contributed by atoms with van der Waals surface area (Å²) in [5.41, 5.74) is 0.705. The molecule has 2 aliphatic carbocycles. The standard InChI is InChI=1S/C13H25N/c1-11(14-2)13(8-9-13)10-12-6-4-3-5-7-12/h11-12,14H,3-10H2,1-2H3. The van der Waals surface area contributed by atoms with Crippen molar-refractivity contribution in [3.8, 4) is 0 Å². The van der Waals surface area contributed by atoms with Crippen molar-refractivity contribution in [3.05, 3.63) is 0 Å². The van der Waals surface area contributed by atoms with Crippen molar-refractivity contribution in [1.29, 1.82) is 0 Å². The van der Waals surface area contributed by atoms with Gasteiger partial charge in [0.2, 0.25) is 0 Å². The van der Waals surface area contributed by atoms with Gasteiger partial charge in [0.15, 0.2) is 0 Å². The highest BCUT2D eigenvalue weighted by atomic mass is 14.9. The largest absolute Gasteiger partial charge is 0.317 e. The highest BCUT2D eigenvalue weighted by Gasteiger charge is 2.47. The maximum Gasteiger partial charge on any atom is 0.00922 e. The fourth-order valence-corrected chi connectivity index (χ4v) is 3.25. The topological polar surface area (TPSA) is 12.0 Å². The van der Waals surface area contributed by atoms with Crippen molar-refractivity contribution in [3.63, 3.8) is 0 Å². The molecule has 1 heteroatoms. The van der Waals surface area contributed by atoms with E-state index in [-0.39, 0.29) is 0 Å². The van der Waals surface area contributed by atoms with Crippen LogP contribution in [0, 0.1) is 11.3 Å². The Balaban J connectivity index is 1.83. The molecule has 0 spiro atoms. The molecule has 1 N–H and O–H groups in total. The zero-order chi connectivity index (χ0) is 10.0. The minimum Gasteiger partial charge on any atom is -0.317 e. The van der Waals surface area contributed by atoms with Gasteiger partial charge in [-0.15, -0.1) is 0 Å². The highest BCUT2D eigenvalue weighted by Crippen LogP contribution is 2.54. The Morgan fingerprint density at radius 2 is 1.86 bits per heavy atom. The lowest BCUT2D eigenvalue weighted by molar-refractivity contribution is 0.239. The summed E-state index contributed by atoms with van der Waals surface area (Å²) in [6.45, 7) is 2.37. The average Bonchev–Trinajstić information content (AvgIpc) is 2.99. The van der Waals surface area contributed by atoms with E-state index in [1.165, 1.54) is 51.4 Å². The Kier molecular flexibility index (Phi) is 3.16. The summed E-state index contributed by atoms with van der Waals surface area (Å²) < 4.78 is 0. The van der Waals surface area contributed by atoms with Crippen LogP contribution >= 0.6 is 0 Å². The summed E-state index contributed by atoms with van der Waals surface area (Å²) >= 11 is 0. The first-order chi connectivity index (χ1) is 6.77. The molecule has 0 saturated heterocycles. The zero-order valence-corrected chi connectivity index (χ0v) is 9.81. The first-order valence-corrected chi connectivity index (χ1v) is 6.44. The van der Waals surface area contributed by atoms with Crippen LogP contribution < -0.4 is 5.32 Å². The predicted molar refractivity (Wildman–Crippen MR) is 61.4 cm³/mol.